The molecule has 0 atom stereocenters. The van der Waals surface area contributed by atoms with Crippen LogP contribution in [0.15, 0.2) is 247 Å². The second-order valence-corrected chi connectivity index (χ2v) is 17.9. The minimum Gasteiger partial charge on any atom is -0.455 e. The van der Waals surface area contributed by atoms with E-state index < -0.39 is 0 Å². The topological polar surface area (TPSA) is 13.1 Å². The van der Waals surface area contributed by atoms with Gasteiger partial charge >= 0.3 is 0 Å². The molecule has 0 aliphatic heterocycles. The van der Waals surface area contributed by atoms with E-state index in [4.69, 9.17) is 4.42 Å². The van der Waals surface area contributed by atoms with Crippen molar-refractivity contribution in [3.05, 3.63) is 243 Å². The van der Waals surface area contributed by atoms with Crippen molar-refractivity contribution in [3.63, 3.8) is 0 Å². The second-order valence-electron chi connectivity index (χ2n) is 17.9. The molecule has 1 nitrogen and oxygen atoms in total. The van der Waals surface area contributed by atoms with Crippen LogP contribution in [0.4, 0.5) is 0 Å². The number of furan rings is 1. The van der Waals surface area contributed by atoms with Gasteiger partial charge in [0.05, 0.1) is 0 Å². The molecule has 1 aromatic heterocycles. The van der Waals surface area contributed by atoms with Crippen LogP contribution in [0, 0.1) is 0 Å². The molecule has 0 N–H and O–H groups in total. The third-order valence-electron chi connectivity index (χ3n) is 14.2. The summed E-state index contributed by atoms with van der Waals surface area (Å²) >= 11 is 0. The van der Waals surface area contributed by atoms with Crippen molar-refractivity contribution < 1.29 is 4.42 Å². The maximum atomic E-state index is 7.17. The fourth-order valence-corrected chi connectivity index (χ4v) is 11.0. The molecule has 0 radical (unpaired) electrons. The minimum absolute atomic E-state index is 0.883. The van der Waals surface area contributed by atoms with E-state index in [2.05, 4.69) is 243 Å². The molecule has 0 bridgehead atoms. The van der Waals surface area contributed by atoms with Crippen LogP contribution in [0.3, 0.4) is 0 Å². The Hall–Kier alpha value is -8.78. The lowest BCUT2D eigenvalue weighted by atomic mass is 9.86. The van der Waals surface area contributed by atoms with Crippen molar-refractivity contribution in [1.82, 2.24) is 0 Å². The summed E-state index contributed by atoms with van der Waals surface area (Å²) < 4.78 is 7.17. The summed E-state index contributed by atoms with van der Waals surface area (Å²) in [5.74, 6) is 0. The van der Waals surface area contributed by atoms with E-state index in [9.17, 15) is 0 Å². The first kappa shape index (κ1) is 37.6. The highest BCUT2D eigenvalue weighted by Gasteiger charge is 2.22. The van der Waals surface area contributed by atoms with Crippen LogP contribution in [0.25, 0.3) is 143 Å². The van der Waals surface area contributed by atoms with Crippen LogP contribution in [-0.4, -0.2) is 0 Å². The first-order valence-electron chi connectivity index (χ1n) is 23.1. The largest absolute Gasteiger partial charge is 0.455 e. The van der Waals surface area contributed by atoms with Gasteiger partial charge in [0.15, 0.2) is 0 Å². The lowest BCUT2D eigenvalue weighted by molar-refractivity contribution is 0.670. The summed E-state index contributed by atoms with van der Waals surface area (Å²) in [6.07, 6.45) is 0. The Labute approximate surface area is 387 Å². The summed E-state index contributed by atoms with van der Waals surface area (Å²) in [4.78, 5) is 0. The molecule has 0 unspecified atom stereocenters. The van der Waals surface area contributed by atoms with Gasteiger partial charge in [-0.2, -0.15) is 0 Å². The summed E-state index contributed by atoms with van der Waals surface area (Å²) in [5, 5.41) is 14.7. The molecule has 0 saturated carbocycles. The Balaban J connectivity index is 0.971. The number of fused-ring (bicyclic) bond motifs is 5. The van der Waals surface area contributed by atoms with Crippen LogP contribution < -0.4 is 0 Å². The molecule has 0 saturated heterocycles. The monoisotopic (exact) mass is 848 g/mol. The molecule has 67 heavy (non-hydrogen) atoms. The van der Waals surface area contributed by atoms with Gasteiger partial charge in [-0.1, -0.05) is 218 Å². The number of rotatable bonds is 6. The molecule has 14 aromatic rings. The zero-order valence-corrected chi connectivity index (χ0v) is 36.5. The van der Waals surface area contributed by atoms with Gasteiger partial charge in [-0.05, 0) is 139 Å². The predicted molar refractivity (Wildman–Crippen MR) is 285 cm³/mol. The lowest BCUT2D eigenvalue weighted by Gasteiger charge is -2.17. The molecular formula is C66H40O. The first-order valence-corrected chi connectivity index (χ1v) is 23.1. The van der Waals surface area contributed by atoms with E-state index in [0.717, 1.165) is 38.5 Å². The SMILES string of the molecule is c1ccc(-c2ccc3cc4c(cc3c2)oc2c(-c3ccc(-c5ccc(-c6ccccc6)c6ccccc56)cc3)ccc(-c3ccc5ccc6c(-c7ccccc7)ccc7ccc3c5c76)c24)cc1. The van der Waals surface area contributed by atoms with Crippen LogP contribution in [0.1, 0.15) is 0 Å². The second kappa shape index (κ2) is 14.9. The number of benzene rings is 13. The number of hydrogen-bond acceptors (Lipinski definition) is 1. The number of hydrogen-bond donors (Lipinski definition) is 0. The summed E-state index contributed by atoms with van der Waals surface area (Å²) in [5.41, 5.74) is 16.1. The van der Waals surface area contributed by atoms with Crippen molar-refractivity contribution in [2.75, 3.05) is 0 Å². The van der Waals surface area contributed by atoms with Crippen LogP contribution in [-0.2, 0) is 0 Å². The van der Waals surface area contributed by atoms with Crippen LogP contribution in [0.5, 0.6) is 0 Å². The fraction of sp³-hybridized carbons (Fsp3) is 0. The van der Waals surface area contributed by atoms with Crippen LogP contribution >= 0.6 is 0 Å². The maximum Gasteiger partial charge on any atom is 0.143 e. The van der Waals surface area contributed by atoms with Gasteiger partial charge in [0.2, 0.25) is 0 Å². The van der Waals surface area contributed by atoms with Crippen molar-refractivity contribution in [2.24, 2.45) is 0 Å². The molecular weight excluding hydrogens is 809 g/mol. The quantitative estimate of drug-likeness (QED) is 0.152. The molecule has 310 valence electrons. The average molecular weight is 849 g/mol. The normalized spacial score (nSPS) is 11.9. The Morgan fingerprint density at radius 3 is 1.27 bits per heavy atom. The standard InChI is InChI=1S/C66H40O/c1-4-12-41(13-5-1)48-24-25-49-39-61-62(40-50(49)38-48)67-66-54(45-22-20-44(21-23-45)52-35-34-51(42-14-6-2-7-15-42)55-18-10-11-19-56(52)55)36-37-60(65(61)66)57-31-27-47-28-32-58-53(43-16-8-3-9-17-43)30-26-46-29-33-59(57)64(47)63(46)58/h1-40H. The van der Waals surface area contributed by atoms with Crippen molar-refractivity contribution in [2.45, 2.75) is 0 Å². The molecule has 0 aliphatic rings. The van der Waals surface area contributed by atoms with Crippen molar-refractivity contribution in [3.8, 4) is 66.8 Å². The van der Waals surface area contributed by atoms with E-state index in [1.165, 1.54) is 104 Å². The molecule has 13 aromatic carbocycles. The van der Waals surface area contributed by atoms with Gasteiger partial charge in [0, 0.05) is 16.3 Å². The third kappa shape index (κ3) is 5.95. The van der Waals surface area contributed by atoms with E-state index in [1.807, 2.05) is 0 Å². The Bertz CT molecular complexity index is 4220. The molecule has 1 heterocycles. The fourth-order valence-electron chi connectivity index (χ4n) is 11.0. The summed E-state index contributed by atoms with van der Waals surface area (Å²) in [7, 11) is 0. The van der Waals surface area contributed by atoms with Gasteiger partial charge in [-0.15, -0.1) is 0 Å². The summed E-state index contributed by atoms with van der Waals surface area (Å²) in [6, 6.07) is 88.9. The summed E-state index contributed by atoms with van der Waals surface area (Å²) in [6.45, 7) is 0. The average Bonchev–Trinajstić information content (AvgIpc) is 3.78. The highest BCUT2D eigenvalue weighted by atomic mass is 16.3. The van der Waals surface area contributed by atoms with E-state index in [1.54, 1.807) is 0 Å². The highest BCUT2D eigenvalue weighted by molar-refractivity contribution is 6.29. The van der Waals surface area contributed by atoms with E-state index >= 15 is 0 Å². The van der Waals surface area contributed by atoms with Gasteiger partial charge in [0.1, 0.15) is 11.2 Å². The Kier molecular flexibility index (Phi) is 8.35. The lowest BCUT2D eigenvalue weighted by Crippen LogP contribution is -1.90. The molecule has 1 heteroatoms. The minimum atomic E-state index is 0.883. The zero-order valence-electron chi connectivity index (χ0n) is 36.5. The molecule has 14 rings (SSSR count). The highest BCUT2D eigenvalue weighted by Crippen LogP contribution is 2.48. The Morgan fingerprint density at radius 1 is 0.209 bits per heavy atom. The molecule has 0 aliphatic carbocycles. The van der Waals surface area contributed by atoms with Gasteiger partial charge < -0.3 is 4.42 Å². The van der Waals surface area contributed by atoms with E-state index in [0.29, 0.717) is 0 Å². The molecule has 0 amide bonds. The van der Waals surface area contributed by atoms with E-state index in [-0.39, 0.29) is 0 Å². The van der Waals surface area contributed by atoms with Crippen molar-refractivity contribution in [1.29, 1.82) is 0 Å². The smallest absolute Gasteiger partial charge is 0.143 e. The zero-order chi connectivity index (χ0) is 44.0. The Morgan fingerprint density at radius 2 is 0.642 bits per heavy atom. The first-order chi connectivity index (χ1) is 33.2. The predicted octanol–water partition coefficient (Wildman–Crippen LogP) is 18.8. The molecule has 0 fully saturated rings. The van der Waals surface area contributed by atoms with Gasteiger partial charge in [-0.3, -0.25) is 0 Å². The maximum absolute atomic E-state index is 7.17. The van der Waals surface area contributed by atoms with Gasteiger partial charge in [0.25, 0.3) is 0 Å². The third-order valence-corrected chi connectivity index (χ3v) is 14.2. The van der Waals surface area contributed by atoms with Crippen molar-refractivity contribution >= 4 is 75.8 Å². The van der Waals surface area contributed by atoms with Crippen LogP contribution in [0.2, 0.25) is 0 Å². The van der Waals surface area contributed by atoms with Gasteiger partial charge in [-0.25, -0.2) is 0 Å². The molecule has 0 spiro atoms.